The highest BCUT2D eigenvalue weighted by Gasteiger charge is 2.17. The van der Waals surface area contributed by atoms with Crippen molar-refractivity contribution in [2.45, 2.75) is 4.90 Å². The van der Waals surface area contributed by atoms with Crippen LogP contribution in [0.4, 0.5) is 0 Å². The van der Waals surface area contributed by atoms with Crippen molar-refractivity contribution >= 4 is 44.7 Å². The SMILES string of the molecule is O=c1c2c(oc3ccccc13)C=C(Br)CS2. The van der Waals surface area contributed by atoms with Gasteiger partial charge in [0.05, 0.1) is 10.3 Å². The molecule has 0 fully saturated rings. The maximum Gasteiger partial charge on any atom is 0.206 e. The van der Waals surface area contributed by atoms with Crippen molar-refractivity contribution in [2.75, 3.05) is 5.75 Å². The molecular formula is C12H7BrO2S. The molecule has 3 rings (SSSR count). The number of hydrogen-bond donors (Lipinski definition) is 0. The van der Waals surface area contributed by atoms with Crippen molar-refractivity contribution < 1.29 is 4.42 Å². The van der Waals surface area contributed by atoms with Crippen molar-refractivity contribution in [3.05, 3.63) is 44.7 Å². The van der Waals surface area contributed by atoms with Crippen LogP contribution in [0.1, 0.15) is 5.76 Å². The standard InChI is InChI=1S/C12H7BrO2S/c13-7-5-10-12(16-6-7)11(14)8-3-1-2-4-9(8)15-10/h1-5H,6H2. The predicted molar refractivity (Wildman–Crippen MR) is 70.1 cm³/mol. The van der Waals surface area contributed by atoms with Crippen LogP contribution in [0.25, 0.3) is 17.0 Å². The summed E-state index contributed by atoms with van der Waals surface area (Å²) in [4.78, 5) is 12.9. The third-order valence-corrected chi connectivity index (χ3v) is 4.43. The molecule has 0 atom stereocenters. The van der Waals surface area contributed by atoms with Gasteiger partial charge < -0.3 is 4.42 Å². The van der Waals surface area contributed by atoms with Crippen LogP contribution in [0, 0.1) is 0 Å². The Morgan fingerprint density at radius 3 is 3.00 bits per heavy atom. The molecule has 1 aliphatic rings. The lowest BCUT2D eigenvalue weighted by molar-refractivity contribution is 0.574. The third kappa shape index (κ3) is 1.53. The zero-order chi connectivity index (χ0) is 11.1. The number of benzene rings is 1. The van der Waals surface area contributed by atoms with E-state index in [2.05, 4.69) is 15.9 Å². The molecule has 0 radical (unpaired) electrons. The zero-order valence-corrected chi connectivity index (χ0v) is 10.6. The van der Waals surface area contributed by atoms with E-state index in [9.17, 15) is 4.79 Å². The maximum absolute atomic E-state index is 12.2. The molecule has 2 heterocycles. The molecule has 0 unspecified atom stereocenters. The molecule has 0 spiro atoms. The van der Waals surface area contributed by atoms with Crippen molar-refractivity contribution in [2.24, 2.45) is 0 Å². The summed E-state index contributed by atoms with van der Waals surface area (Å²) in [5.74, 6) is 1.45. The van der Waals surface area contributed by atoms with Crippen molar-refractivity contribution in [3.8, 4) is 0 Å². The molecule has 2 nitrogen and oxygen atoms in total. The molecule has 16 heavy (non-hydrogen) atoms. The normalized spacial score (nSPS) is 14.7. The lowest BCUT2D eigenvalue weighted by atomic mass is 10.2. The first-order valence-electron chi connectivity index (χ1n) is 4.80. The van der Waals surface area contributed by atoms with Crippen LogP contribution in [0.3, 0.4) is 0 Å². The maximum atomic E-state index is 12.2. The second-order valence-corrected chi connectivity index (χ2v) is 5.50. The monoisotopic (exact) mass is 294 g/mol. The first kappa shape index (κ1) is 10.2. The Labute approximate surface area is 104 Å². The van der Waals surface area contributed by atoms with Gasteiger partial charge in [-0.2, -0.15) is 0 Å². The molecule has 0 aliphatic carbocycles. The van der Waals surface area contributed by atoms with E-state index >= 15 is 0 Å². The third-order valence-electron chi connectivity index (χ3n) is 2.42. The van der Waals surface area contributed by atoms with Crippen molar-refractivity contribution in [3.63, 3.8) is 0 Å². The van der Waals surface area contributed by atoms with Gasteiger partial charge in [-0.1, -0.05) is 28.1 Å². The molecule has 0 bridgehead atoms. The van der Waals surface area contributed by atoms with E-state index in [0.29, 0.717) is 21.6 Å². The second-order valence-electron chi connectivity index (χ2n) is 3.50. The summed E-state index contributed by atoms with van der Waals surface area (Å²) in [6.07, 6.45) is 1.87. The fraction of sp³-hybridized carbons (Fsp3) is 0.0833. The summed E-state index contributed by atoms with van der Waals surface area (Å²) in [5, 5.41) is 0.653. The average molecular weight is 295 g/mol. The highest BCUT2D eigenvalue weighted by molar-refractivity contribution is 9.12. The van der Waals surface area contributed by atoms with Gasteiger partial charge in [0.15, 0.2) is 0 Å². The van der Waals surface area contributed by atoms with Crippen LogP contribution in [0.2, 0.25) is 0 Å². The van der Waals surface area contributed by atoms with Crippen LogP contribution in [-0.2, 0) is 0 Å². The lowest BCUT2D eigenvalue weighted by Crippen LogP contribution is -2.08. The summed E-state index contributed by atoms with van der Waals surface area (Å²) in [5.41, 5.74) is 0.711. The van der Waals surface area contributed by atoms with Crippen molar-refractivity contribution in [1.82, 2.24) is 0 Å². The Hall–Kier alpha value is -1.000. The van der Waals surface area contributed by atoms with Crippen molar-refractivity contribution in [1.29, 1.82) is 0 Å². The Balaban J connectivity index is 2.43. The molecule has 0 N–H and O–H groups in total. The summed E-state index contributed by atoms with van der Waals surface area (Å²) in [6.45, 7) is 0. The van der Waals surface area contributed by atoms with Gasteiger partial charge in [0, 0.05) is 10.2 Å². The summed E-state index contributed by atoms with van der Waals surface area (Å²) < 4.78 is 6.75. The van der Waals surface area contributed by atoms with Crippen LogP contribution >= 0.6 is 27.7 Å². The van der Waals surface area contributed by atoms with Gasteiger partial charge in [0.2, 0.25) is 5.43 Å². The second kappa shape index (κ2) is 3.79. The van der Waals surface area contributed by atoms with E-state index in [0.717, 1.165) is 10.2 Å². The topological polar surface area (TPSA) is 30.2 Å². The van der Waals surface area contributed by atoms with E-state index in [4.69, 9.17) is 4.42 Å². The fourth-order valence-electron chi connectivity index (χ4n) is 1.70. The Morgan fingerprint density at radius 1 is 1.31 bits per heavy atom. The van der Waals surface area contributed by atoms with E-state index in [1.807, 2.05) is 24.3 Å². The molecule has 0 amide bonds. The van der Waals surface area contributed by atoms with Gasteiger partial charge in [0.1, 0.15) is 11.3 Å². The van der Waals surface area contributed by atoms with E-state index in [-0.39, 0.29) is 5.43 Å². The van der Waals surface area contributed by atoms with Crippen LogP contribution in [0.5, 0.6) is 0 Å². The first-order valence-corrected chi connectivity index (χ1v) is 6.58. The van der Waals surface area contributed by atoms with Gasteiger partial charge >= 0.3 is 0 Å². The molecule has 2 aromatic rings. The Kier molecular flexibility index (Phi) is 2.41. The molecular weight excluding hydrogens is 288 g/mol. The number of hydrogen-bond acceptors (Lipinski definition) is 3. The van der Waals surface area contributed by atoms with Crippen LogP contribution in [-0.4, -0.2) is 5.75 Å². The largest absolute Gasteiger partial charge is 0.455 e. The summed E-state index contributed by atoms with van der Waals surface area (Å²) in [6, 6.07) is 7.34. The summed E-state index contributed by atoms with van der Waals surface area (Å²) >= 11 is 4.94. The van der Waals surface area contributed by atoms with Gasteiger partial charge in [0.25, 0.3) is 0 Å². The minimum atomic E-state index is 0.0677. The number of fused-ring (bicyclic) bond motifs is 2. The number of para-hydroxylation sites is 1. The number of halogens is 1. The molecule has 1 aromatic carbocycles. The predicted octanol–water partition coefficient (Wildman–Crippen LogP) is 3.63. The molecule has 1 aliphatic heterocycles. The van der Waals surface area contributed by atoms with Gasteiger partial charge in [-0.3, -0.25) is 4.79 Å². The first-order chi connectivity index (χ1) is 7.75. The molecule has 4 heteroatoms. The van der Waals surface area contributed by atoms with Gasteiger partial charge in [-0.25, -0.2) is 0 Å². The molecule has 0 saturated carbocycles. The number of thioether (sulfide) groups is 1. The molecule has 0 saturated heterocycles. The minimum absolute atomic E-state index is 0.0677. The zero-order valence-electron chi connectivity index (χ0n) is 8.20. The van der Waals surface area contributed by atoms with Gasteiger partial charge in [-0.15, -0.1) is 11.8 Å². The average Bonchev–Trinajstić information content (AvgIpc) is 2.29. The molecule has 80 valence electrons. The minimum Gasteiger partial charge on any atom is -0.455 e. The Bertz CT molecular complexity index is 658. The van der Waals surface area contributed by atoms with E-state index < -0.39 is 0 Å². The van der Waals surface area contributed by atoms with Crippen LogP contribution < -0.4 is 5.43 Å². The number of rotatable bonds is 0. The van der Waals surface area contributed by atoms with E-state index in [1.54, 1.807) is 6.07 Å². The van der Waals surface area contributed by atoms with Gasteiger partial charge in [-0.05, 0) is 18.2 Å². The molecule has 1 aromatic heterocycles. The smallest absolute Gasteiger partial charge is 0.206 e. The quantitative estimate of drug-likeness (QED) is 0.743. The fourth-order valence-corrected chi connectivity index (χ4v) is 3.10. The Morgan fingerprint density at radius 2 is 2.12 bits per heavy atom. The van der Waals surface area contributed by atoms with Crippen LogP contribution in [0.15, 0.2) is 42.9 Å². The highest BCUT2D eigenvalue weighted by Crippen LogP contribution is 2.33. The summed E-state index contributed by atoms with van der Waals surface area (Å²) in [7, 11) is 0. The highest BCUT2D eigenvalue weighted by atomic mass is 79.9. The lowest BCUT2D eigenvalue weighted by Gasteiger charge is -2.11. The van der Waals surface area contributed by atoms with E-state index in [1.165, 1.54) is 11.8 Å².